The van der Waals surface area contributed by atoms with Gasteiger partial charge in [-0.2, -0.15) is 0 Å². The van der Waals surface area contributed by atoms with Gasteiger partial charge in [-0.3, -0.25) is 4.79 Å². The summed E-state index contributed by atoms with van der Waals surface area (Å²) in [7, 11) is 1.42. The maximum Gasteiger partial charge on any atom is 0.317 e. The van der Waals surface area contributed by atoms with E-state index in [2.05, 4.69) is 24.4 Å². The van der Waals surface area contributed by atoms with E-state index in [1.165, 1.54) is 12.7 Å². The van der Waals surface area contributed by atoms with Crippen molar-refractivity contribution in [3.63, 3.8) is 0 Å². The number of carbonyl (C=O) groups is 2. The van der Waals surface area contributed by atoms with Gasteiger partial charge < -0.3 is 15.0 Å². The van der Waals surface area contributed by atoms with Crippen LogP contribution in [0.2, 0.25) is 0 Å². The fourth-order valence-corrected chi connectivity index (χ4v) is 3.29. The molecule has 1 aliphatic rings. The second-order valence-corrected chi connectivity index (χ2v) is 6.78. The molecule has 24 heavy (non-hydrogen) atoms. The van der Waals surface area contributed by atoms with Gasteiger partial charge in [0, 0.05) is 25.0 Å². The minimum Gasteiger partial charge on any atom is -0.469 e. The SMILES string of the molecule is COC(=O)[C@@H]1CCN(C(=O)N[C@H](C)[C@H](C)c2ccccc2)C[C@@H]1C. The number of ether oxygens (including phenoxy) is 1. The molecule has 1 fully saturated rings. The Balaban J connectivity index is 1.90. The average Bonchev–Trinajstić information content (AvgIpc) is 2.60. The van der Waals surface area contributed by atoms with Crippen molar-refractivity contribution in [2.45, 2.75) is 39.2 Å². The lowest BCUT2D eigenvalue weighted by molar-refractivity contribution is -0.148. The van der Waals surface area contributed by atoms with Crippen LogP contribution in [0.4, 0.5) is 4.79 Å². The number of piperidine rings is 1. The van der Waals surface area contributed by atoms with Crippen molar-refractivity contribution in [2.24, 2.45) is 11.8 Å². The number of carbonyl (C=O) groups excluding carboxylic acids is 2. The van der Waals surface area contributed by atoms with E-state index in [4.69, 9.17) is 4.74 Å². The van der Waals surface area contributed by atoms with E-state index in [1.807, 2.05) is 32.0 Å². The standard InChI is InChI=1S/C19H28N2O3/c1-13-12-21(11-10-17(13)18(22)24-4)19(23)20-15(3)14(2)16-8-6-5-7-9-16/h5-9,13-15,17H,10-12H2,1-4H3,(H,20,23)/t13-,14-,15+,17+/m0/s1. The predicted octanol–water partition coefficient (Wildman–Crippen LogP) is 3.02. The zero-order chi connectivity index (χ0) is 17.7. The number of likely N-dealkylation sites (tertiary alicyclic amines) is 1. The number of hydrogen-bond donors (Lipinski definition) is 1. The van der Waals surface area contributed by atoms with Crippen LogP contribution < -0.4 is 5.32 Å². The van der Waals surface area contributed by atoms with E-state index in [1.54, 1.807) is 4.90 Å². The second kappa shape index (κ2) is 8.18. The Morgan fingerprint density at radius 3 is 2.50 bits per heavy atom. The van der Waals surface area contributed by atoms with Gasteiger partial charge in [-0.1, -0.05) is 44.2 Å². The molecular formula is C19H28N2O3. The van der Waals surface area contributed by atoms with Crippen molar-refractivity contribution in [1.29, 1.82) is 0 Å². The van der Waals surface area contributed by atoms with Crippen molar-refractivity contribution in [3.8, 4) is 0 Å². The fraction of sp³-hybridized carbons (Fsp3) is 0.579. The van der Waals surface area contributed by atoms with Crippen molar-refractivity contribution in [1.82, 2.24) is 10.2 Å². The van der Waals surface area contributed by atoms with Crippen LogP contribution in [-0.2, 0) is 9.53 Å². The Morgan fingerprint density at radius 2 is 1.92 bits per heavy atom. The summed E-state index contributed by atoms with van der Waals surface area (Å²) >= 11 is 0. The third-order valence-electron chi connectivity index (χ3n) is 5.12. The van der Waals surface area contributed by atoms with Crippen LogP contribution in [0.1, 0.15) is 38.7 Å². The highest BCUT2D eigenvalue weighted by atomic mass is 16.5. The molecule has 0 aliphatic carbocycles. The molecule has 5 heteroatoms. The second-order valence-electron chi connectivity index (χ2n) is 6.78. The van der Waals surface area contributed by atoms with Gasteiger partial charge in [0.2, 0.25) is 0 Å². The van der Waals surface area contributed by atoms with E-state index >= 15 is 0 Å². The van der Waals surface area contributed by atoms with Gasteiger partial charge in [0.1, 0.15) is 0 Å². The summed E-state index contributed by atoms with van der Waals surface area (Å²) in [6, 6.07) is 10.2. The number of esters is 1. The lowest BCUT2D eigenvalue weighted by Gasteiger charge is -2.36. The molecule has 0 aromatic heterocycles. The molecule has 132 valence electrons. The highest BCUT2D eigenvalue weighted by Gasteiger charge is 2.34. The molecule has 5 nitrogen and oxygen atoms in total. The Bertz CT molecular complexity index is 561. The molecule has 1 aromatic rings. The summed E-state index contributed by atoms with van der Waals surface area (Å²) in [4.78, 5) is 26.1. The highest BCUT2D eigenvalue weighted by Crippen LogP contribution is 2.25. The molecule has 2 amide bonds. The number of amides is 2. The van der Waals surface area contributed by atoms with Crippen molar-refractivity contribution >= 4 is 12.0 Å². The van der Waals surface area contributed by atoms with Crippen LogP contribution in [0.5, 0.6) is 0 Å². The molecule has 1 N–H and O–H groups in total. The Labute approximate surface area is 144 Å². The summed E-state index contributed by atoms with van der Waals surface area (Å²) < 4.78 is 4.84. The normalized spacial score (nSPS) is 23.2. The molecule has 0 bridgehead atoms. The predicted molar refractivity (Wildman–Crippen MR) is 93.7 cm³/mol. The van der Waals surface area contributed by atoms with Crippen LogP contribution in [-0.4, -0.2) is 43.1 Å². The lowest BCUT2D eigenvalue weighted by Crippen LogP contribution is -2.51. The minimum atomic E-state index is -0.173. The molecule has 0 saturated carbocycles. The number of benzene rings is 1. The first-order valence-electron chi connectivity index (χ1n) is 8.62. The highest BCUT2D eigenvalue weighted by molar-refractivity contribution is 5.76. The molecule has 0 radical (unpaired) electrons. The maximum absolute atomic E-state index is 12.5. The number of urea groups is 1. The summed E-state index contributed by atoms with van der Waals surface area (Å²) in [6.07, 6.45) is 0.657. The third-order valence-corrected chi connectivity index (χ3v) is 5.12. The summed E-state index contributed by atoms with van der Waals surface area (Å²) in [6.45, 7) is 7.31. The van der Waals surface area contributed by atoms with Crippen molar-refractivity contribution in [3.05, 3.63) is 35.9 Å². The van der Waals surface area contributed by atoms with Gasteiger partial charge in [-0.05, 0) is 24.8 Å². The maximum atomic E-state index is 12.5. The summed E-state index contributed by atoms with van der Waals surface area (Å²) in [5, 5.41) is 3.10. The molecule has 4 atom stereocenters. The molecule has 0 unspecified atom stereocenters. The van der Waals surface area contributed by atoms with Crippen molar-refractivity contribution in [2.75, 3.05) is 20.2 Å². The molecule has 2 rings (SSSR count). The summed E-state index contributed by atoms with van der Waals surface area (Å²) in [5.74, 6) is 0.0623. The van der Waals surface area contributed by atoms with Gasteiger partial charge in [-0.25, -0.2) is 4.79 Å². The first-order valence-corrected chi connectivity index (χ1v) is 8.62. The van der Waals surface area contributed by atoms with Crippen LogP contribution in [0.3, 0.4) is 0 Å². The number of rotatable bonds is 4. The van der Waals surface area contributed by atoms with E-state index in [0.717, 1.165) is 0 Å². The van der Waals surface area contributed by atoms with E-state index < -0.39 is 0 Å². The first kappa shape index (κ1) is 18.3. The smallest absolute Gasteiger partial charge is 0.317 e. The molecular weight excluding hydrogens is 304 g/mol. The minimum absolute atomic E-state index is 0.0357. The lowest BCUT2D eigenvalue weighted by atomic mass is 9.87. The van der Waals surface area contributed by atoms with Gasteiger partial charge in [0.25, 0.3) is 0 Å². The number of nitrogens with zero attached hydrogens (tertiary/aromatic N) is 1. The van der Waals surface area contributed by atoms with Gasteiger partial charge in [0.05, 0.1) is 13.0 Å². The van der Waals surface area contributed by atoms with Gasteiger partial charge in [-0.15, -0.1) is 0 Å². The number of methoxy groups -OCH3 is 1. The average molecular weight is 332 g/mol. The van der Waals surface area contributed by atoms with Crippen LogP contribution in [0, 0.1) is 11.8 Å². The topological polar surface area (TPSA) is 58.6 Å². The molecule has 1 saturated heterocycles. The molecule has 0 spiro atoms. The van der Waals surface area contributed by atoms with Crippen molar-refractivity contribution < 1.29 is 14.3 Å². The Hall–Kier alpha value is -2.04. The number of hydrogen-bond acceptors (Lipinski definition) is 3. The van der Waals surface area contributed by atoms with Gasteiger partial charge in [0.15, 0.2) is 0 Å². The quantitative estimate of drug-likeness (QED) is 0.862. The Morgan fingerprint density at radius 1 is 1.25 bits per heavy atom. The third kappa shape index (κ3) is 4.28. The summed E-state index contributed by atoms with van der Waals surface area (Å²) in [5.41, 5.74) is 1.21. The monoisotopic (exact) mass is 332 g/mol. The zero-order valence-corrected chi connectivity index (χ0v) is 15.0. The fourth-order valence-electron chi connectivity index (χ4n) is 3.29. The zero-order valence-electron chi connectivity index (χ0n) is 15.0. The Kier molecular flexibility index (Phi) is 6.23. The van der Waals surface area contributed by atoms with E-state index in [9.17, 15) is 9.59 Å². The molecule has 1 aromatic carbocycles. The molecule has 1 aliphatic heterocycles. The van der Waals surface area contributed by atoms with Crippen LogP contribution in [0.15, 0.2) is 30.3 Å². The number of nitrogens with one attached hydrogen (secondary N) is 1. The van der Waals surface area contributed by atoms with E-state index in [-0.39, 0.29) is 35.8 Å². The van der Waals surface area contributed by atoms with Gasteiger partial charge >= 0.3 is 12.0 Å². The largest absolute Gasteiger partial charge is 0.469 e. The van der Waals surface area contributed by atoms with Crippen LogP contribution in [0.25, 0.3) is 0 Å². The van der Waals surface area contributed by atoms with E-state index in [0.29, 0.717) is 19.5 Å². The molecule has 1 heterocycles. The van der Waals surface area contributed by atoms with Crippen LogP contribution >= 0.6 is 0 Å². The first-order chi connectivity index (χ1) is 11.4.